The molecule has 138 valence electrons. The summed E-state index contributed by atoms with van der Waals surface area (Å²) in [5.74, 6) is 0.937. The van der Waals surface area contributed by atoms with Gasteiger partial charge >= 0.3 is 5.97 Å². The lowest BCUT2D eigenvalue weighted by Gasteiger charge is -2.28. The van der Waals surface area contributed by atoms with Crippen LogP contribution in [-0.4, -0.2) is 42.0 Å². The summed E-state index contributed by atoms with van der Waals surface area (Å²) in [5, 5.41) is 10.2. The lowest BCUT2D eigenvalue weighted by molar-refractivity contribution is -0.142. The third-order valence-corrected chi connectivity index (χ3v) is 5.97. The molecule has 0 aromatic heterocycles. The Kier molecular flexibility index (Phi) is 5.96. The number of ether oxygens (including phenoxy) is 2. The molecule has 1 saturated heterocycles. The van der Waals surface area contributed by atoms with Gasteiger partial charge in [-0.2, -0.15) is 0 Å². The van der Waals surface area contributed by atoms with Gasteiger partial charge in [-0.1, -0.05) is 35.9 Å². The lowest BCUT2D eigenvalue weighted by atomic mass is 10.1. The maximum absolute atomic E-state index is 11.8. The van der Waals surface area contributed by atoms with Gasteiger partial charge in [0.15, 0.2) is 11.5 Å². The van der Waals surface area contributed by atoms with Crippen LogP contribution < -0.4 is 9.47 Å². The Hall–Kier alpha value is -1.89. The summed E-state index contributed by atoms with van der Waals surface area (Å²) in [4.78, 5) is 13.8. The molecule has 0 bridgehead atoms. The number of benzene rings is 2. The summed E-state index contributed by atoms with van der Waals surface area (Å²) in [7, 11) is 3.17. The second-order valence-electron chi connectivity index (χ2n) is 5.92. The van der Waals surface area contributed by atoms with Gasteiger partial charge in [-0.15, -0.1) is 11.8 Å². The number of carboxylic acid groups (broad SMARTS) is 1. The highest BCUT2D eigenvalue weighted by Gasteiger charge is 2.39. The Balaban J connectivity index is 1.97. The summed E-state index contributed by atoms with van der Waals surface area (Å²) >= 11 is 7.74. The topological polar surface area (TPSA) is 59.0 Å². The predicted octanol–water partition coefficient (Wildman–Crippen LogP) is 4.06. The maximum atomic E-state index is 11.8. The Labute approximate surface area is 161 Å². The van der Waals surface area contributed by atoms with E-state index in [0.29, 0.717) is 28.8 Å². The van der Waals surface area contributed by atoms with Gasteiger partial charge in [0.25, 0.3) is 0 Å². The molecule has 0 aliphatic carbocycles. The zero-order valence-electron chi connectivity index (χ0n) is 14.5. The highest BCUT2D eigenvalue weighted by atomic mass is 35.5. The summed E-state index contributed by atoms with van der Waals surface area (Å²) < 4.78 is 10.9. The van der Waals surface area contributed by atoms with E-state index in [9.17, 15) is 9.90 Å². The zero-order valence-corrected chi connectivity index (χ0v) is 16.1. The molecule has 0 amide bonds. The standard InChI is InChI=1S/C19H20ClNO4S/c1-24-16-8-4-6-13(17(16)25-2)10-21-15(19(22)23)11-26-18(21)12-5-3-7-14(20)9-12/h3-9,15,18H,10-11H2,1-2H3,(H,22,23). The van der Waals surface area contributed by atoms with Gasteiger partial charge < -0.3 is 14.6 Å². The molecular weight excluding hydrogens is 374 g/mol. The van der Waals surface area contributed by atoms with Gasteiger partial charge in [-0.3, -0.25) is 9.69 Å². The van der Waals surface area contributed by atoms with Crippen LogP contribution in [0, 0.1) is 0 Å². The number of para-hydroxylation sites is 1. The molecule has 1 N–H and O–H groups in total. The number of carboxylic acids is 1. The van der Waals surface area contributed by atoms with Crippen LogP contribution in [0.1, 0.15) is 16.5 Å². The molecular formula is C19H20ClNO4S. The van der Waals surface area contributed by atoms with Crippen molar-refractivity contribution in [3.63, 3.8) is 0 Å². The third kappa shape index (κ3) is 3.77. The number of nitrogens with zero attached hydrogens (tertiary/aromatic N) is 1. The average molecular weight is 394 g/mol. The number of hydrogen-bond donors (Lipinski definition) is 1. The minimum Gasteiger partial charge on any atom is -0.493 e. The zero-order chi connectivity index (χ0) is 18.7. The van der Waals surface area contributed by atoms with E-state index in [-0.39, 0.29) is 5.37 Å². The predicted molar refractivity (Wildman–Crippen MR) is 103 cm³/mol. The van der Waals surface area contributed by atoms with Crippen molar-refractivity contribution in [3.05, 3.63) is 58.6 Å². The monoisotopic (exact) mass is 393 g/mol. The summed E-state index contributed by atoms with van der Waals surface area (Å²) in [5.41, 5.74) is 1.88. The van der Waals surface area contributed by atoms with E-state index in [1.165, 1.54) is 0 Å². The van der Waals surface area contributed by atoms with Crippen LogP contribution in [0.4, 0.5) is 0 Å². The van der Waals surface area contributed by atoms with Crippen LogP contribution in [0.2, 0.25) is 5.02 Å². The van der Waals surface area contributed by atoms with E-state index in [4.69, 9.17) is 21.1 Å². The Morgan fingerprint density at radius 2 is 2.04 bits per heavy atom. The van der Waals surface area contributed by atoms with Crippen molar-refractivity contribution >= 4 is 29.3 Å². The minimum atomic E-state index is -0.830. The molecule has 2 atom stereocenters. The first-order chi connectivity index (χ1) is 12.5. The van der Waals surface area contributed by atoms with E-state index in [1.54, 1.807) is 26.0 Å². The molecule has 1 heterocycles. The first-order valence-electron chi connectivity index (χ1n) is 8.10. The second-order valence-corrected chi connectivity index (χ2v) is 7.47. The summed E-state index contributed by atoms with van der Waals surface area (Å²) in [6, 6.07) is 12.6. The molecule has 1 aliphatic heterocycles. The fourth-order valence-electron chi connectivity index (χ4n) is 3.17. The Bertz CT molecular complexity index is 801. The summed E-state index contributed by atoms with van der Waals surface area (Å²) in [6.45, 7) is 0.432. The molecule has 2 aromatic rings. The van der Waals surface area contributed by atoms with Crippen LogP contribution in [0.15, 0.2) is 42.5 Å². The molecule has 1 fully saturated rings. The largest absolute Gasteiger partial charge is 0.493 e. The number of rotatable bonds is 6. The number of hydrogen-bond acceptors (Lipinski definition) is 5. The third-order valence-electron chi connectivity index (χ3n) is 4.37. The lowest BCUT2D eigenvalue weighted by Crippen LogP contribution is -2.38. The number of aliphatic carboxylic acids is 1. The van der Waals surface area contributed by atoms with Crippen molar-refractivity contribution in [2.45, 2.75) is 18.0 Å². The Morgan fingerprint density at radius 1 is 1.27 bits per heavy atom. The van der Waals surface area contributed by atoms with E-state index in [0.717, 1.165) is 11.1 Å². The van der Waals surface area contributed by atoms with Gasteiger partial charge in [0.1, 0.15) is 6.04 Å². The fraction of sp³-hybridized carbons (Fsp3) is 0.316. The van der Waals surface area contributed by atoms with Crippen molar-refractivity contribution in [3.8, 4) is 11.5 Å². The first kappa shape index (κ1) is 18.9. The number of thioether (sulfide) groups is 1. The van der Waals surface area contributed by atoms with Gasteiger partial charge in [0, 0.05) is 22.9 Å². The molecule has 2 unspecified atom stereocenters. The van der Waals surface area contributed by atoms with Crippen LogP contribution >= 0.6 is 23.4 Å². The van der Waals surface area contributed by atoms with E-state index < -0.39 is 12.0 Å². The van der Waals surface area contributed by atoms with Crippen LogP contribution in [0.25, 0.3) is 0 Å². The molecule has 5 nitrogen and oxygen atoms in total. The van der Waals surface area contributed by atoms with Gasteiger partial charge in [-0.25, -0.2) is 0 Å². The molecule has 3 rings (SSSR count). The highest BCUT2D eigenvalue weighted by Crippen LogP contribution is 2.44. The van der Waals surface area contributed by atoms with Gasteiger partial charge in [-0.05, 0) is 23.8 Å². The van der Waals surface area contributed by atoms with E-state index in [2.05, 4.69) is 0 Å². The normalized spacial score (nSPS) is 20.1. The van der Waals surface area contributed by atoms with E-state index in [1.807, 2.05) is 47.4 Å². The van der Waals surface area contributed by atoms with E-state index >= 15 is 0 Å². The summed E-state index contributed by atoms with van der Waals surface area (Å²) in [6.07, 6.45) is 0. The van der Waals surface area contributed by atoms with Crippen molar-refractivity contribution in [2.24, 2.45) is 0 Å². The second kappa shape index (κ2) is 8.20. The minimum absolute atomic E-state index is 0.0919. The molecule has 0 saturated carbocycles. The molecule has 26 heavy (non-hydrogen) atoms. The molecule has 1 aliphatic rings. The van der Waals surface area contributed by atoms with Crippen molar-refractivity contribution in [2.75, 3.05) is 20.0 Å². The molecule has 7 heteroatoms. The van der Waals surface area contributed by atoms with Crippen LogP contribution in [0.3, 0.4) is 0 Å². The number of halogens is 1. The SMILES string of the molecule is COc1cccc(CN2C(C(=O)O)CSC2c2cccc(Cl)c2)c1OC. The van der Waals surface area contributed by atoms with Crippen molar-refractivity contribution in [1.29, 1.82) is 0 Å². The van der Waals surface area contributed by atoms with Gasteiger partial charge in [0.2, 0.25) is 0 Å². The van der Waals surface area contributed by atoms with Crippen LogP contribution in [0.5, 0.6) is 11.5 Å². The van der Waals surface area contributed by atoms with Crippen LogP contribution in [-0.2, 0) is 11.3 Å². The molecule has 0 spiro atoms. The quantitative estimate of drug-likeness (QED) is 0.798. The number of methoxy groups -OCH3 is 2. The van der Waals surface area contributed by atoms with Crippen molar-refractivity contribution in [1.82, 2.24) is 4.90 Å². The first-order valence-corrected chi connectivity index (χ1v) is 9.53. The van der Waals surface area contributed by atoms with Gasteiger partial charge in [0.05, 0.1) is 19.6 Å². The highest BCUT2D eigenvalue weighted by molar-refractivity contribution is 7.99. The smallest absolute Gasteiger partial charge is 0.321 e. The molecule has 2 aromatic carbocycles. The van der Waals surface area contributed by atoms with Crippen molar-refractivity contribution < 1.29 is 19.4 Å². The average Bonchev–Trinajstić information content (AvgIpc) is 3.05. The Morgan fingerprint density at radius 3 is 2.69 bits per heavy atom. The maximum Gasteiger partial charge on any atom is 0.321 e. The molecule has 0 radical (unpaired) electrons. The number of carbonyl (C=O) groups is 1. The fourth-order valence-corrected chi connectivity index (χ4v) is 4.82.